The zero-order valence-corrected chi connectivity index (χ0v) is 10.6. The molecule has 3 N–H and O–H groups in total. The Balaban J connectivity index is 2.29. The quantitative estimate of drug-likeness (QED) is 0.686. The number of aromatic nitrogens is 2. The van der Waals surface area contributed by atoms with Crippen molar-refractivity contribution in [1.82, 2.24) is 9.97 Å². The van der Waals surface area contributed by atoms with Crippen LogP contribution in [0, 0.1) is 5.41 Å². The maximum absolute atomic E-state index is 11.5. The first-order valence-corrected chi connectivity index (χ1v) is 5.68. The van der Waals surface area contributed by atoms with Gasteiger partial charge >= 0.3 is 5.97 Å². The summed E-state index contributed by atoms with van der Waals surface area (Å²) in [7, 11) is 1.35. The van der Waals surface area contributed by atoms with Gasteiger partial charge in [0.15, 0.2) is 5.82 Å². The smallest absolute Gasteiger partial charge is 0.313 e. The molecule has 2 rings (SSSR count). The Labute approximate surface area is 108 Å². The molecule has 0 radical (unpaired) electrons. The van der Waals surface area contributed by atoms with Crippen LogP contribution >= 0.6 is 0 Å². The lowest BCUT2D eigenvalue weighted by Crippen LogP contribution is -2.43. The van der Waals surface area contributed by atoms with Gasteiger partial charge in [-0.3, -0.25) is 9.59 Å². The molecule has 19 heavy (non-hydrogen) atoms. The first kappa shape index (κ1) is 13.3. The molecule has 2 heterocycles. The van der Waals surface area contributed by atoms with E-state index >= 15 is 0 Å². The van der Waals surface area contributed by atoms with Gasteiger partial charge in [-0.05, 0) is 6.92 Å². The summed E-state index contributed by atoms with van der Waals surface area (Å²) < 4.78 is 10.2. The Kier molecular flexibility index (Phi) is 3.43. The van der Waals surface area contributed by atoms with E-state index in [-0.39, 0.29) is 24.8 Å². The molecular weight excluding hydrogens is 254 g/mol. The van der Waals surface area contributed by atoms with E-state index < -0.39 is 23.0 Å². The fraction of sp³-hybridized carbons (Fsp3) is 0.545. The zero-order valence-electron chi connectivity index (χ0n) is 10.6. The summed E-state index contributed by atoms with van der Waals surface area (Å²) in [5, 5.41) is 12.2. The van der Waals surface area contributed by atoms with Gasteiger partial charge in [0.25, 0.3) is 5.56 Å². The average Bonchev–Trinajstić information content (AvgIpc) is 2.73. The van der Waals surface area contributed by atoms with Crippen molar-refractivity contribution in [1.29, 1.82) is 0 Å². The van der Waals surface area contributed by atoms with Crippen LogP contribution in [0.4, 0.5) is 5.82 Å². The van der Waals surface area contributed by atoms with Crippen molar-refractivity contribution >= 4 is 11.8 Å². The lowest BCUT2D eigenvalue weighted by Gasteiger charge is -2.26. The van der Waals surface area contributed by atoms with Crippen LogP contribution in [0.15, 0.2) is 11.1 Å². The van der Waals surface area contributed by atoms with Crippen molar-refractivity contribution < 1.29 is 19.4 Å². The molecular formula is C11H15N3O5. The molecule has 1 fully saturated rings. The molecule has 8 nitrogen and oxygen atoms in total. The Morgan fingerprint density at radius 1 is 1.74 bits per heavy atom. The summed E-state index contributed by atoms with van der Waals surface area (Å²) in [6, 6.07) is -0.492. The second kappa shape index (κ2) is 4.88. The van der Waals surface area contributed by atoms with E-state index in [1.807, 2.05) is 0 Å². The molecule has 104 valence electrons. The Hall–Kier alpha value is -2.09. The third kappa shape index (κ3) is 2.26. The minimum atomic E-state index is -1.07. The number of carboxylic acids is 1. The maximum atomic E-state index is 11.5. The van der Waals surface area contributed by atoms with Crippen molar-refractivity contribution in [3.8, 4) is 5.75 Å². The number of rotatable bonds is 4. The summed E-state index contributed by atoms with van der Waals surface area (Å²) in [5.74, 6) is -0.748. The van der Waals surface area contributed by atoms with E-state index in [9.17, 15) is 14.7 Å². The van der Waals surface area contributed by atoms with Gasteiger partial charge in [-0.25, -0.2) is 4.98 Å². The molecule has 0 aliphatic carbocycles. The summed E-state index contributed by atoms with van der Waals surface area (Å²) >= 11 is 0. The molecule has 1 aromatic rings. The lowest BCUT2D eigenvalue weighted by atomic mass is 9.85. The largest absolute Gasteiger partial charge is 0.489 e. The van der Waals surface area contributed by atoms with Crippen LogP contribution in [0.3, 0.4) is 0 Å². The van der Waals surface area contributed by atoms with E-state index in [0.29, 0.717) is 0 Å². The highest BCUT2D eigenvalue weighted by atomic mass is 16.5. The van der Waals surface area contributed by atoms with E-state index in [4.69, 9.17) is 9.47 Å². The van der Waals surface area contributed by atoms with Gasteiger partial charge in [-0.2, -0.15) is 0 Å². The summed E-state index contributed by atoms with van der Waals surface area (Å²) in [5.41, 5.74) is -1.51. The number of hydrogen-bond acceptors (Lipinski definition) is 6. The van der Waals surface area contributed by atoms with Gasteiger partial charge in [0.1, 0.15) is 5.41 Å². The Bertz CT molecular complexity index is 543. The van der Waals surface area contributed by atoms with Crippen molar-refractivity contribution in [2.24, 2.45) is 5.41 Å². The second-order valence-electron chi connectivity index (χ2n) is 4.55. The molecule has 1 aromatic heterocycles. The fourth-order valence-electron chi connectivity index (χ4n) is 1.93. The predicted octanol–water partition coefficient (Wildman–Crippen LogP) is -0.320. The van der Waals surface area contributed by atoms with Crippen LogP contribution in [-0.4, -0.2) is 47.4 Å². The average molecular weight is 269 g/mol. The van der Waals surface area contributed by atoms with E-state index in [0.717, 1.165) is 0 Å². The molecule has 0 spiro atoms. The lowest BCUT2D eigenvalue weighted by molar-refractivity contribution is -0.148. The number of ether oxygens (including phenoxy) is 2. The normalized spacial score (nSPS) is 26.1. The highest BCUT2D eigenvalue weighted by Crippen LogP contribution is 2.32. The monoisotopic (exact) mass is 269 g/mol. The van der Waals surface area contributed by atoms with Crippen molar-refractivity contribution in [2.45, 2.75) is 13.0 Å². The number of aliphatic carboxylic acids is 1. The van der Waals surface area contributed by atoms with Crippen LogP contribution in [0.5, 0.6) is 5.75 Å². The number of carbonyl (C=O) groups is 1. The van der Waals surface area contributed by atoms with Crippen LogP contribution in [0.1, 0.15) is 6.92 Å². The first-order valence-electron chi connectivity index (χ1n) is 5.68. The van der Waals surface area contributed by atoms with Crippen LogP contribution in [-0.2, 0) is 9.53 Å². The van der Waals surface area contributed by atoms with E-state index in [2.05, 4.69) is 15.3 Å². The topological polar surface area (TPSA) is 114 Å². The molecule has 2 unspecified atom stereocenters. The molecule has 0 bridgehead atoms. The highest BCUT2D eigenvalue weighted by molar-refractivity contribution is 5.76. The number of nitrogens with one attached hydrogen (secondary N) is 2. The molecule has 2 atom stereocenters. The van der Waals surface area contributed by atoms with Gasteiger partial charge in [-0.15, -0.1) is 0 Å². The Morgan fingerprint density at radius 3 is 3.11 bits per heavy atom. The second-order valence-corrected chi connectivity index (χ2v) is 4.55. The minimum Gasteiger partial charge on any atom is -0.489 e. The van der Waals surface area contributed by atoms with Crippen molar-refractivity contribution in [3.63, 3.8) is 0 Å². The standard InChI is InChI=1S/C11H15N3O5/c1-11(10(16)17)4-19-3-6(11)14-8-7(18-2)9(15)13-5-12-8/h5-6H,3-4H2,1-2H3,(H,16,17)(H2,12,13,14,15). The number of nitrogens with zero attached hydrogens (tertiary/aromatic N) is 1. The van der Waals surface area contributed by atoms with Crippen LogP contribution in [0.2, 0.25) is 0 Å². The molecule has 0 saturated carbocycles. The number of methoxy groups -OCH3 is 1. The van der Waals surface area contributed by atoms with Gasteiger partial charge < -0.3 is 24.9 Å². The van der Waals surface area contributed by atoms with E-state index in [1.165, 1.54) is 13.4 Å². The maximum Gasteiger partial charge on any atom is 0.313 e. The number of anilines is 1. The number of carboxylic acid groups (broad SMARTS) is 1. The van der Waals surface area contributed by atoms with Gasteiger partial charge in [0.2, 0.25) is 5.75 Å². The van der Waals surface area contributed by atoms with Crippen LogP contribution in [0.25, 0.3) is 0 Å². The summed E-state index contributed by atoms with van der Waals surface area (Å²) in [6.45, 7) is 1.91. The number of hydrogen-bond donors (Lipinski definition) is 3. The molecule has 1 aliphatic rings. The highest BCUT2D eigenvalue weighted by Gasteiger charge is 2.47. The SMILES string of the molecule is COc1c(NC2COCC2(C)C(=O)O)nc[nH]c1=O. The van der Waals surface area contributed by atoms with Crippen LogP contribution < -0.4 is 15.6 Å². The molecule has 8 heteroatoms. The zero-order chi connectivity index (χ0) is 14.0. The molecule has 0 amide bonds. The minimum absolute atomic E-state index is 0.0159. The van der Waals surface area contributed by atoms with E-state index in [1.54, 1.807) is 6.92 Å². The Morgan fingerprint density at radius 2 is 2.47 bits per heavy atom. The molecule has 0 aromatic carbocycles. The molecule has 1 saturated heterocycles. The van der Waals surface area contributed by atoms with Gasteiger partial charge in [0.05, 0.1) is 32.7 Å². The fourth-order valence-corrected chi connectivity index (χ4v) is 1.93. The molecule has 1 aliphatic heterocycles. The van der Waals surface area contributed by atoms with Gasteiger partial charge in [0, 0.05) is 0 Å². The third-order valence-electron chi connectivity index (χ3n) is 3.27. The summed E-state index contributed by atoms with van der Waals surface area (Å²) in [6.07, 6.45) is 1.22. The number of aromatic amines is 1. The summed E-state index contributed by atoms with van der Waals surface area (Å²) in [4.78, 5) is 29.2. The van der Waals surface area contributed by atoms with Crippen molar-refractivity contribution in [3.05, 3.63) is 16.7 Å². The predicted molar refractivity (Wildman–Crippen MR) is 65.4 cm³/mol. The third-order valence-corrected chi connectivity index (χ3v) is 3.27. The number of H-pyrrole nitrogens is 1. The van der Waals surface area contributed by atoms with Gasteiger partial charge in [-0.1, -0.05) is 0 Å². The first-order chi connectivity index (χ1) is 8.99. The van der Waals surface area contributed by atoms with Crippen molar-refractivity contribution in [2.75, 3.05) is 25.6 Å².